The van der Waals surface area contributed by atoms with E-state index >= 15 is 0 Å². The summed E-state index contributed by atoms with van der Waals surface area (Å²) in [6.45, 7) is 0.519. The van der Waals surface area contributed by atoms with Crippen LogP contribution in [0.5, 0.6) is 5.75 Å². The van der Waals surface area contributed by atoms with Crippen molar-refractivity contribution in [2.75, 3.05) is 6.26 Å². The zero-order valence-electron chi connectivity index (χ0n) is 8.19. The highest BCUT2D eigenvalue weighted by Crippen LogP contribution is 2.28. The van der Waals surface area contributed by atoms with E-state index in [1.807, 2.05) is 12.3 Å². The predicted octanol–water partition coefficient (Wildman–Crippen LogP) is 1.80. The van der Waals surface area contributed by atoms with E-state index < -0.39 is 0 Å². The van der Waals surface area contributed by atoms with Crippen LogP contribution in [-0.2, 0) is 6.54 Å². The van der Waals surface area contributed by atoms with Crippen LogP contribution >= 0.6 is 11.8 Å². The molecule has 4 heteroatoms. The molecule has 2 N–H and O–H groups in total. The van der Waals surface area contributed by atoms with Crippen molar-refractivity contribution in [3.05, 3.63) is 17.8 Å². The fourth-order valence-corrected chi connectivity index (χ4v) is 1.81. The van der Waals surface area contributed by atoms with E-state index in [1.165, 1.54) is 12.8 Å². The van der Waals surface area contributed by atoms with Crippen molar-refractivity contribution in [2.45, 2.75) is 30.5 Å². The fourth-order valence-electron chi connectivity index (χ4n) is 1.25. The lowest BCUT2D eigenvalue weighted by atomic mass is 10.3. The van der Waals surface area contributed by atoms with Crippen LogP contribution in [-0.4, -0.2) is 17.3 Å². The Labute approximate surface area is 88.0 Å². The maximum absolute atomic E-state index is 5.64. The molecular formula is C10H14N2OS. The van der Waals surface area contributed by atoms with Crippen molar-refractivity contribution in [3.8, 4) is 5.75 Å². The van der Waals surface area contributed by atoms with Crippen LogP contribution in [0.1, 0.15) is 18.4 Å². The monoisotopic (exact) mass is 210 g/mol. The van der Waals surface area contributed by atoms with Gasteiger partial charge in [0.15, 0.2) is 0 Å². The summed E-state index contributed by atoms with van der Waals surface area (Å²) in [5, 5.41) is 0.996. The average Bonchev–Trinajstić information content (AvgIpc) is 3.01. The second-order valence-corrected chi connectivity index (χ2v) is 4.16. The SMILES string of the molecule is CSc1ncc(OC2CC2)cc1CN. The average molecular weight is 210 g/mol. The molecule has 0 bridgehead atoms. The van der Waals surface area contributed by atoms with Gasteiger partial charge < -0.3 is 10.5 Å². The van der Waals surface area contributed by atoms with Gasteiger partial charge in [0.1, 0.15) is 10.8 Å². The second kappa shape index (κ2) is 4.19. The highest BCUT2D eigenvalue weighted by Gasteiger charge is 2.23. The smallest absolute Gasteiger partial charge is 0.138 e. The largest absolute Gasteiger partial charge is 0.489 e. The number of ether oxygens (including phenoxy) is 1. The molecule has 0 aromatic carbocycles. The van der Waals surface area contributed by atoms with Crippen LogP contribution in [0.3, 0.4) is 0 Å². The Morgan fingerprint density at radius 2 is 2.43 bits per heavy atom. The van der Waals surface area contributed by atoms with Gasteiger partial charge in [-0.3, -0.25) is 0 Å². The first-order valence-corrected chi connectivity index (χ1v) is 5.95. The molecular weight excluding hydrogens is 196 g/mol. The van der Waals surface area contributed by atoms with Gasteiger partial charge in [0.05, 0.1) is 12.3 Å². The molecule has 1 aliphatic carbocycles. The van der Waals surface area contributed by atoms with E-state index in [4.69, 9.17) is 10.5 Å². The van der Waals surface area contributed by atoms with Crippen molar-refractivity contribution in [3.63, 3.8) is 0 Å². The van der Waals surface area contributed by atoms with Gasteiger partial charge in [0, 0.05) is 12.1 Å². The molecule has 1 aromatic rings. The summed E-state index contributed by atoms with van der Waals surface area (Å²) in [7, 11) is 0. The second-order valence-electron chi connectivity index (χ2n) is 3.36. The molecule has 1 heterocycles. The molecule has 1 aliphatic rings. The molecule has 0 aliphatic heterocycles. The first kappa shape index (κ1) is 9.80. The molecule has 0 saturated heterocycles. The van der Waals surface area contributed by atoms with Crippen molar-refractivity contribution in [1.29, 1.82) is 0 Å². The predicted molar refractivity (Wildman–Crippen MR) is 57.6 cm³/mol. The molecule has 0 unspecified atom stereocenters. The van der Waals surface area contributed by atoms with Gasteiger partial charge in [-0.05, 0) is 25.2 Å². The molecule has 1 fully saturated rings. The van der Waals surface area contributed by atoms with Crippen molar-refractivity contribution in [1.82, 2.24) is 4.98 Å². The molecule has 0 amide bonds. The number of nitrogens with two attached hydrogens (primary N) is 1. The Bertz CT molecular complexity index is 326. The number of hydrogen-bond donors (Lipinski definition) is 1. The van der Waals surface area contributed by atoms with Crippen LogP contribution in [0.25, 0.3) is 0 Å². The number of aromatic nitrogens is 1. The molecule has 14 heavy (non-hydrogen) atoms. The van der Waals surface area contributed by atoms with E-state index in [0.29, 0.717) is 12.6 Å². The lowest BCUT2D eigenvalue weighted by molar-refractivity contribution is 0.301. The Kier molecular flexibility index (Phi) is 2.93. The lowest BCUT2D eigenvalue weighted by Crippen LogP contribution is -2.03. The van der Waals surface area contributed by atoms with Crippen molar-refractivity contribution in [2.24, 2.45) is 5.73 Å². The first-order chi connectivity index (χ1) is 6.83. The van der Waals surface area contributed by atoms with Crippen LogP contribution in [0.2, 0.25) is 0 Å². The maximum atomic E-state index is 5.64. The molecule has 0 spiro atoms. The lowest BCUT2D eigenvalue weighted by Gasteiger charge is -2.08. The van der Waals surface area contributed by atoms with E-state index in [2.05, 4.69) is 4.98 Å². The first-order valence-electron chi connectivity index (χ1n) is 4.73. The zero-order valence-corrected chi connectivity index (χ0v) is 9.01. The molecule has 1 aromatic heterocycles. The van der Waals surface area contributed by atoms with Crippen molar-refractivity contribution >= 4 is 11.8 Å². The van der Waals surface area contributed by atoms with Gasteiger partial charge in [-0.15, -0.1) is 11.8 Å². The Morgan fingerprint density at radius 3 is 3.00 bits per heavy atom. The summed E-state index contributed by atoms with van der Waals surface area (Å²) in [6.07, 6.45) is 6.54. The van der Waals surface area contributed by atoms with E-state index in [1.54, 1.807) is 18.0 Å². The summed E-state index contributed by atoms with van der Waals surface area (Å²) >= 11 is 1.62. The fraction of sp³-hybridized carbons (Fsp3) is 0.500. The zero-order chi connectivity index (χ0) is 9.97. The molecule has 3 nitrogen and oxygen atoms in total. The van der Waals surface area contributed by atoms with Gasteiger partial charge in [0.2, 0.25) is 0 Å². The van der Waals surface area contributed by atoms with Gasteiger partial charge in [-0.1, -0.05) is 0 Å². The Morgan fingerprint density at radius 1 is 1.64 bits per heavy atom. The van der Waals surface area contributed by atoms with Gasteiger partial charge in [-0.25, -0.2) is 4.98 Å². The van der Waals surface area contributed by atoms with Crippen LogP contribution in [0.15, 0.2) is 17.3 Å². The standard InChI is InChI=1S/C10H14N2OS/c1-14-10-7(5-11)4-9(6-12-10)13-8-2-3-8/h4,6,8H,2-3,5,11H2,1H3. The third-order valence-electron chi connectivity index (χ3n) is 2.14. The van der Waals surface area contributed by atoms with Gasteiger partial charge in [-0.2, -0.15) is 0 Å². The summed E-state index contributed by atoms with van der Waals surface area (Å²) < 4.78 is 5.64. The molecule has 0 radical (unpaired) electrons. The molecule has 76 valence electrons. The topological polar surface area (TPSA) is 48.1 Å². The number of hydrogen-bond acceptors (Lipinski definition) is 4. The molecule has 2 rings (SSSR count). The van der Waals surface area contributed by atoms with Crippen LogP contribution < -0.4 is 10.5 Å². The van der Waals surface area contributed by atoms with Crippen LogP contribution in [0.4, 0.5) is 0 Å². The number of pyridine rings is 1. The summed E-state index contributed by atoms with van der Waals surface area (Å²) in [5.74, 6) is 0.853. The number of thioether (sulfide) groups is 1. The molecule has 1 saturated carbocycles. The number of nitrogens with zero attached hydrogens (tertiary/aromatic N) is 1. The highest BCUT2D eigenvalue weighted by molar-refractivity contribution is 7.98. The highest BCUT2D eigenvalue weighted by atomic mass is 32.2. The Balaban J connectivity index is 2.16. The summed E-state index contributed by atoms with van der Waals surface area (Å²) in [4.78, 5) is 4.31. The summed E-state index contributed by atoms with van der Waals surface area (Å²) in [5.41, 5.74) is 6.70. The third-order valence-corrected chi connectivity index (χ3v) is 2.89. The van der Waals surface area contributed by atoms with Gasteiger partial charge >= 0.3 is 0 Å². The third kappa shape index (κ3) is 2.19. The van der Waals surface area contributed by atoms with Crippen LogP contribution in [0, 0.1) is 0 Å². The quantitative estimate of drug-likeness (QED) is 0.770. The minimum absolute atomic E-state index is 0.419. The number of rotatable bonds is 4. The minimum Gasteiger partial charge on any atom is -0.489 e. The maximum Gasteiger partial charge on any atom is 0.138 e. The van der Waals surface area contributed by atoms with E-state index in [0.717, 1.165) is 16.3 Å². The summed E-state index contributed by atoms with van der Waals surface area (Å²) in [6, 6.07) is 2.00. The Hall–Kier alpha value is -0.740. The molecule has 0 atom stereocenters. The van der Waals surface area contributed by atoms with E-state index in [9.17, 15) is 0 Å². The normalized spacial score (nSPS) is 15.6. The van der Waals surface area contributed by atoms with E-state index in [-0.39, 0.29) is 0 Å². The van der Waals surface area contributed by atoms with Gasteiger partial charge in [0.25, 0.3) is 0 Å². The van der Waals surface area contributed by atoms with Crippen molar-refractivity contribution < 1.29 is 4.74 Å². The minimum atomic E-state index is 0.419.